The highest BCUT2D eigenvalue weighted by Crippen LogP contribution is 2.26. The molecule has 0 aliphatic rings. The first-order valence-electron chi connectivity index (χ1n) is 9.62. The smallest absolute Gasteiger partial charge is 0.257 e. The third kappa shape index (κ3) is 7.11. The maximum atomic E-state index is 12.6. The van der Waals surface area contributed by atoms with Crippen molar-refractivity contribution in [1.29, 1.82) is 0 Å². The number of hydrogen-bond donors (Lipinski definition) is 3. The Morgan fingerprint density at radius 2 is 1.77 bits per heavy atom. The molecule has 0 fully saturated rings. The molecule has 2 aromatic rings. The molecule has 3 N–H and O–H groups in total. The number of ether oxygens (including phenoxy) is 1. The van der Waals surface area contributed by atoms with Gasteiger partial charge in [0.15, 0.2) is 5.11 Å². The van der Waals surface area contributed by atoms with Crippen molar-refractivity contribution < 1.29 is 14.3 Å². The van der Waals surface area contributed by atoms with Crippen molar-refractivity contribution >= 4 is 50.8 Å². The zero-order valence-electron chi connectivity index (χ0n) is 17.4. The number of thiocarbonyl (C=S) groups is 1. The molecule has 0 unspecified atom stereocenters. The summed E-state index contributed by atoms with van der Waals surface area (Å²) < 4.78 is 6.39. The normalized spacial score (nSPS) is 10.6. The van der Waals surface area contributed by atoms with Crippen LogP contribution in [0.15, 0.2) is 46.9 Å². The lowest BCUT2D eigenvalue weighted by atomic mass is 10.1. The number of halogens is 1. The molecule has 0 saturated heterocycles. The molecule has 0 atom stereocenters. The standard InChI is InChI=1S/C22H26BrN3O3S/c1-13(2)12-29-19-10-9-15(11-17(19)23)20(27)26-22(30)25-18-8-6-5-7-16(18)21(28)24-14(3)4/h5-11,13-14H,12H2,1-4H3,(H,24,28)(H2,25,26,27,30). The predicted molar refractivity (Wildman–Crippen MR) is 127 cm³/mol. The van der Waals surface area contributed by atoms with E-state index in [0.29, 0.717) is 39.6 Å². The predicted octanol–water partition coefficient (Wildman–Crippen LogP) is 4.75. The van der Waals surface area contributed by atoms with Gasteiger partial charge >= 0.3 is 0 Å². The van der Waals surface area contributed by atoms with E-state index >= 15 is 0 Å². The number of amides is 2. The number of para-hydroxylation sites is 1. The van der Waals surface area contributed by atoms with Crippen molar-refractivity contribution in [2.24, 2.45) is 5.92 Å². The van der Waals surface area contributed by atoms with Gasteiger partial charge in [0.25, 0.3) is 11.8 Å². The largest absolute Gasteiger partial charge is 0.492 e. The first kappa shape index (κ1) is 23.8. The van der Waals surface area contributed by atoms with Crippen LogP contribution in [0, 0.1) is 5.92 Å². The van der Waals surface area contributed by atoms with Gasteiger partial charge in [0.1, 0.15) is 5.75 Å². The molecule has 6 nitrogen and oxygen atoms in total. The third-order valence-corrected chi connectivity index (χ3v) is 4.66. The van der Waals surface area contributed by atoms with Crippen molar-refractivity contribution in [3.8, 4) is 5.75 Å². The lowest BCUT2D eigenvalue weighted by molar-refractivity contribution is 0.0942. The molecule has 0 saturated carbocycles. The van der Waals surface area contributed by atoms with Crippen LogP contribution in [0.2, 0.25) is 0 Å². The average molecular weight is 492 g/mol. The van der Waals surface area contributed by atoms with Gasteiger partial charge in [0.05, 0.1) is 22.3 Å². The van der Waals surface area contributed by atoms with Gasteiger partial charge in [-0.15, -0.1) is 0 Å². The second kappa shape index (κ2) is 11.1. The summed E-state index contributed by atoms with van der Waals surface area (Å²) in [6, 6.07) is 12.1. The fourth-order valence-electron chi connectivity index (χ4n) is 2.47. The van der Waals surface area contributed by atoms with E-state index in [9.17, 15) is 9.59 Å². The highest BCUT2D eigenvalue weighted by molar-refractivity contribution is 9.10. The Balaban J connectivity index is 2.04. The van der Waals surface area contributed by atoms with E-state index in [1.807, 2.05) is 13.8 Å². The minimum absolute atomic E-state index is 0.00291. The van der Waals surface area contributed by atoms with Crippen LogP contribution < -0.4 is 20.7 Å². The molecule has 2 rings (SSSR count). The van der Waals surface area contributed by atoms with Crippen molar-refractivity contribution in [1.82, 2.24) is 10.6 Å². The first-order valence-corrected chi connectivity index (χ1v) is 10.8. The Morgan fingerprint density at radius 3 is 2.40 bits per heavy atom. The Kier molecular flexibility index (Phi) is 8.80. The molecule has 0 aliphatic heterocycles. The van der Waals surface area contributed by atoms with Crippen LogP contribution >= 0.6 is 28.1 Å². The van der Waals surface area contributed by atoms with E-state index in [-0.39, 0.29) is 23.0 Å². The Hall–Kier alpha value is -2.45. The monoisotopic (exact) mass is 491 g/mol. The minimum atomic E-state index is -0.368. The quantitative estimate of drug-likeness (QED) is 0.487. The highest BCUT2D eigenvalue weighted by atomic mass is 79.9. The number of carbonyl (C=O) groups excluding carboxylic acids is 2. The Labute approximate surface area is 190 Å². The average Bonchev–Trinajstić information content (AvgIpc) is 2.66. The van der Waals surface area contributed by atoms with Gasteiger partial charge < -0.3 is 15.4 Å². The number of hydrogen-bond acceptors (Lipinski definition) is 4. The van der Waals surface area contributed by atoms with E-state index < -0.39 is 0 Å². The van der Waals surface area contributed by atoms with E-state index in [4.69, 9.17) is 17.0 Å². The molecule has 0 bridgehead atoms. The van der Waals surface area contributed by atoms with E-state index in [2.05, 4.69) is 45.7 Å². The Morgan fingerprint density at radius 1 is 1.07 bits per heavy atom. The van der Waals surface area contributed by atoms with Gasteiger partial charge in [-0.3, -0.25) is 14.9 Å². The third-order valence-electron chi connectivity index (χ3n) is 3.83. The molecule has 2 aromatic carbocycles. The SMILES string of the molecule is CC(C)COc1ccc(C(=O)NC(=S)Nc2ccccc2C(=O)NC(C)C)cc1Br. The maximum Gasteiger partial charge on any atom is 0.257 e. The van der Waals surface area contributed by atoms with Crippen LogP contribution in [0.5, 0.6) is 5.75 Å². The second-order valence-electron chi connectivity index (χ2n) is 7.43. The fraction of sp³-hybridized carbons (Fsp3) is 0.318. The summed E-state index contributed by atoms with van der Waals surface area (Å²) in [5, 5.41) is 8.50. The van der Waals surface area contributed by atoms with Crippen LogP contribution in [-0.2, 0) is 0 Å². The number of nitrogens with one attached hydrogen (secondary N) is 3. The van der Waals surface area contributed by atoms with Crippen LogP contribution in [-0.4, -0.2) is 29.6 Å². The zero-order valence-corrected chi connectivity index (χ0v) is 19.8. The number of benzene rings is 2. The van der Waals surface area contributed by atoms with Crippen molar-refractivity contribution in [3.05, 3.63) is 58.1 Å². The van der Waals surface area contributed by atoms with E-state index in [1.165, 1.54) is 0 Å². The summed E-state index contributed by atoms with van der Waals surface area (Å²) in [6.45, 7) is 8.48. The lowest BCUT2D eigenvalue weighted by Gasteiger charge is -2.15. The molecule has 0 heterocycles. The van der Waals surface area contributed by atoms with Crippen LogP contribution in [0.4, 0.5) is 5.69 Å². The molecule has 0 radical (unpaired) electrons. The summed E-state index contributed by atoms with van der Waals surface area (Å²) in [6.07, 6.45) is 0. The molecule has 0 aliphatic carbocycles. The number of anilines is 1. The van der Waals surface area contributed by atoms with Crippen molar-refractivity contribution in [2.75, 3.05) is 11.9 Å². The number of carbonyl (C=O) groups is 2. The van der Waals surface area contributed by atoms with Gasteiger partial charge in [-0.2, -0.15) is 0 Å². The second-order valence-corrected chi connectivity index (χ2v) is 8.69. The van der Waals surface area contributed by atoms with Gasteiger partial charge in [-0.05, 0) is 78.2 Å². The first-order chi connectivity index (χ1) is 14.2. The lowest BCUT2D eigenvalue weighted by Crippen LogP contribution is -2.35. The van der Waals surface area contributed by atoms with Gasteiger partial charge in [0.2, 0.25) is 0 Å². The van der Waals surface area contributed by atoms with E-state index in [1.54, 1.807) is 42.5 Å². The van der Waals surface area contributed by atoms with Crippen molar-refractivity contribution in [3.63, 3.8) is 0 Å². The summed E-state index contributed by atoms with van der Waals surface area (Å²) >= 11 is 8.70. The van der Waals surface area contributed by atoms with Crippen LogP contribution in [0.3, 0.4) is 0 Å². The fourth-order valence-corrected chi connectivity index (χ4v) is 3.17. The molecule has 0 spiro atoms. The van der Waals surface area contributed by atoms with Crippen LogP contribution in [0.25, 0.3) is 0 Å². The minimum Gasteiger partial charge on any atom is -0.492 e. The summed E-state index contributed by atoms with van der Waals surface area (Å²) in [4.78, 5) is 24.9. The van der Waals surface area contributed by atoms with E-state index in [0.717, 1.165) is 0 Å². The summed E-state index contributed by atoms with van der Waals surface area (Å²) in [7, 11) is 0. The molecule has 8 heteroatoms. The highest BCUT2D eigenvalue weighted by Gasteiger charge is 2.15. The summed E-state index contributed by atoms with van der Waals surface area (Å²) in [5.74, 6) is 0.482. The Bertz CT molecular complexity index is 932. The molecular formula is C22H26BrN3O3S. The van der Waals surface area contributed by atoms with Crippen LogP contribution in [0.1, 0.15) is 48.4 Å². The molecule has 2 amide bonds. The van der Waals surface area contributed by atoms with Gasteiger partial charge in [0, 0.05) is 11.6 Å². The molecule has 160 valence electrons. The topological polar surface area (TPSA) is 79.5 Å². The van der Waals surface area contributed by atoms with Gasteiger partial charge in [-0.25, -0.2) is 0 Å². The molecule has 30 heavy (non-hydrogen) atoms. The molecular weight excluding hydrogens is 466 g/mol. The zero-order chi connectivity index (χ0) is 22.3. The maximum absolute atomic E-state index is 12.6. The van der Waals surface area contributed by atoms with Crippen molar-refractivity contribution in [2.45, 2.75) is 33.7 Å². The number of rotatable bonds is 7. The summed E-state index contributed by atoms with van der Waals surface area (Å²) in [5.41, 5.74) is 1.38. The molecule has 0 aromatic heterocycles. The van der Waals surface area contributed by atoms with Gasteiger partial charge in [-0.1, -0.05) is 26.0 Å².